The number of rotatable bonds is 8. The van der Waals surface area contributed by atoms with Gasteiger partial charge in [-0.05, 0) is 44.0 Å². The zero-order chi connectivity index (χ0) is 25.7. The molecule has 0 spiro atoms. The van der Waals surface area contributed by atoms with Crippen LogP contribution in [0.25, 0.3) is 11.3 Å². The molecule has 1 fully saturated rings. The molecule has 0 atom stereocenters. The van der Waals surface area contributed by atoms with Gasteiger partial charge in [-0.2, -0.15) is 0 Å². The maximum Gasteiger partial charge on any atom is 0.311 e. The Morgan fingerprint density at radius 1 is 1.17 bits per heavy atom. The van der Waals surface area contributed by atoms with E-state index in [0.717, 1.165) is 31.8 Å². The highest BCUT2D eigenvalue weighted by Gasteiger charge is 2.17. The zero-order valence-corrected chi connectivity index (χ0v) is 21.1. The number of hydrogen-bond acceptors (Lipinski definition) is 9. The molecule has 11 nitrogen and oxygen atoms in total. The average Bonchev–Trinajstić information content (AvgIpc) is 3.38. The molecule has 0 bridgehead atoms. The minimum atomic E-state index is -0.574. The number of pyridine rings is 1. The minimum absolute atomic E-state index is 0.147. The first-order valence-electron chi connectivity index (χ1n) is 11.3. The Hall–Kier alpha value is -3.70. The largest absolute Gasteiger partial charge is 0.378 e. The molecule has 1 aromatic carbocycles. The van der Waals surface area contributed by atoms with Crippen molar-refractivity contribution in [3.8, 4) is 11.3 Å². The number of aromatic nitrogens is 3. The molecule has 1 aliphatic rings. The van der Waals surface area contributed by atoms with E-state index >= 15 is 0 Å². The molecule has 4 rings (SSSR count). The Morgan fingerprint density at radius 2 is 1.92 bits per heavy atom. The highest BCUT2D eigenvalue weighted by molar-refractivity contribution is 6.36. The topological polar surface area (TPSA) is 147 Å². The molecule has 3 heterocycles. The summed E-state index contributed by atoms with van der Waals surface area (Å²) in [7, 11) is 0. The second-order valence-electron chi connectivity index (χ2n) is 8.12. The fourth-order valence-electron chi connectivity index (χ4n) is 3.79. The third-order valence-electron chi connectivity index (χ3n) is 5.61. The van der Waals surface area contributed by atoms with E-state index in [1.807, 2.05) is 13.0 Å². The smallest absolute Gasteiger partial charge is 0.311 e. The van der Waals surface area contributed by atoms with Crippen molar-refractivity contribution in [1.29, 1.82) is 0 Å². The summed E-state index contributed by atoms with van der Waals surface area (Å²) in [6.07, 6.45) is 3.97. The monoisotopic (exact) mass is 529 g/mol. The van der Waals surface area contributed by atoms with Crippen LogP contribution in [0.1, 0.15) is 19.8 Å². The normalized spacial score (nSPS) is 13.6. The van der Waals surface area contributed by atoms with Gasteiger partial charge in [-0.25, -0.2) is 19.9 Å². The number of nitro groups is 1. The molecular formula is C23H25Cl2N9O2. The van der Waals surface area contributed by atoms with E-state index in [0.29, 0.717) is 51.8 Å². The molecular weight excluding hydrogens is 505 g/mol. The van der Waals surface area contributed by atoms with Gasteiger partial charge in [-0.3, -0.25) is 10.1 Å². The average molecular weight is 530 g/mol. The van der Waals surface area contributed by atoms with Crippen LogP contribution in [0, 0.1) is 10.1 Å². The van der Waals surface area contributed by atoms with E-state index in [1.165, 1.54) is 12.1 Å². The molecule has 1 aliphatic heterocycles. The van der Waals surface area contributed by atoms with Crippen molar-refractivity contribution >= 4 is 58.0 Å². The van der Waals surface area contributed by atoms with Crippen LogP contribution in [0.15, 0.2) is 41.5 Å². The molecule has 13 heteroatoms. The van der Waals surface area contributed by atoms with Gasteiger partial charge < -0.3 is 21.3 Å². The van der Waals surface area contributed by atoms with Crippen molar-refractivity contribution in [2.24, 2.45) is 4.99 Å². The number of nitrogens with one attached hydrogen (secondary N) is 2. The van der Waals surface area contributed by atoms with Crippen molar-refractivity contribution in [1.82, 2.24) is 19.9 Å². The Labute approximate surface area is 217 Å². The van der Waals surface area contributed by atoms with Crippen LogP contribution in [-0.4, -0.2) is 56.8 Å². The number of nitrogens with two attached hydrogens (primary N) is 1. The predicted molar refractivity (Wildman–Crippen MR) is 143 cm³/mol. The van der Waals surface area contributed by atoms with E-state index < -0.39 is 4.92 Å². The molecule has 2 aromatic heterocycles. The molecule has 36 heavy (non-hydrogen) atoms. The van der Waals surface area contributed by atoms with Crippen LogP contribution in [0.2, 0.25) is 10.0 Å². The van der Waals surface area contributed by atoms with E-state index in [9.17, 15) is 10.1 Å². The molecule has 3 aromatic rings. The van der Waals surface area contributed by atoms with Crippen molar-refractivity contribution in [2.45, 2.75) is 19.8 Å². The zero-order valence-electron chi connectivity index (χ0n) is 19.5. The van der Waals surface area contributed by atoms with E-state index in [-0.39, 0.29) is 11.5 Å². The van der Waals surface area contributed by atoms with Gasteiger partial charge in [-0.1, -0.05) is 23.2 Å². The molecule has 1 saturated heterocycles. The third-order valence-corrected chi connectivity index (χ3v) is 6.16. The van der Waals surface area contributed by atoms with Gasteiger partial charge in [0.15, 0.2) is 0 Å². The number of hydrogen-bond donors (Lipinski definition) is 3. The SMILES string of the molecule is C/C(=N/c1cnc(NCCNc2ccc([N+](=O)[O-])c(N)n2)nc1-c1ccc(Cl)cc1Cl)N1CCCC1. The summed E-state index contributed by atoms with van der Waals surface area (Å²) in [5.41, 5.74) is 7.30. The molecule has 0 aliphatic carbocycles. The number of likely N-dealkylation sites (tertiary alicyclic amines) is 1. The lowest BCUT2D eigenvalue weighted by molar-refractivity contribution is -0.384. The van der Waals surface area contributed by atoms with E-state index in [2.05, 4.69) is 30.5 Å². The summed E-state index contributed by atoms with van der Waals surface area (Å²) in [5, 5.41) is 18.1. The molecule has 0 unspecified atom stereocenters. The van der Waals surface area contributed by atoms with Crippen LogP contribution in [0.3, 0.4) is 0 Å². The van der Waals surface area contributed by atoms with Crippen molar-refractivity contribution in [2.75, 3.05) is 42.5 Å². The maximum absolute atomic E-state index is 10.9. The Morgan fingerprint density at radius 3 is 2.61 bits per heavy atom. The summed E-state index contributed by atoms with van der Waals surface area (Å²) in [4.78, 5) is 30.5. The lowest BCUT2D eigenvalue weighted by Crippen LogP contribution is -2.24. The predicted octanol–water partition coefficient (Wildman–Crippen LogP) is 5.01. The van der Waals surface area contributed by atoms with Gasteiger partial charge in [0.25, 0.3) is 0 Å². The number of benzene rings is 1. The Kier molecular flexibility index (Phi) is 8.01. The first-order valence-corrected chi connectivity index (χ1v) is 12.1. The standard InChI is InChI=1S/C23H25Cl2N9O2/c1-14(33-10-2-3-11-33)30-18-13-29-23(32-21(18)16-5-4-15(24)12-17(16)25)28-9-8-27-20-7-6-19(34(35)36)22(26)31-20/h4-7,12-13H,2-3,8-11H2,1H3,(H3,26,27,31)(H,28,29,32)/b30-14-. The van der Waals surface area contributed by atoms with Crippen molar-refractivity contribution in [3.63, 3.8) is 0 Å². The van der Waals surface area contributed by atoms with Gasteiger partial charge in [0.1, 0.15) is 23.0 Å². The van der Waals surface area contributed by atoms with Crippen LogP contribution in [-0.2, 0) is 0 Å². The number of nitrogen functional groups attached to an aromatic ring is 1. The molecule has 0 saturated carbocycles. The minimum Gasteiger partial charge on any atom is -0.378 e. The Balaban J connectivity index is 1.50. The quantitative estimate of drug-likeness (QED) is 0.120. The summed E-state index contributed by atoms with van der Waals surface area (Å²) >= 11 is 12.6. The lowest BCUT2D eigenvalue weighted by Gasteiger charge is -2.17. The van der Waals surface area contributed by atoms with E-state index in [4.69, 9.17) is 33.9 Å². The second kappa shape index (κ2) is 11.4. The number of amidine groups is 1. The fourth-order valence-corrected chi connectivity index (χ4v) is 4.29. The van der Waals surface area contributed by atoms with E-state index in [1.54, 1.807) is 18.3 Å². The Bertz CT molecular complexity index is 1300. The van der Waals surface area contributed by atoms with Gasteiger partial charge in [0, 0.05) is 42.8 Å². The number of anilines is 3. The highest BCUT2D eigenvalue weighted by Crippen LogP contribution is 2.35. The summed E-state index contributed by atoms with van der Waals surface area (Å²) in [5.74, 6) is 1.58. The van der Waals surface area contributed by atoms with Crippen molar-refractivity contribution in [3.05, 3.63) is 56.7 Å². The van der Waals surface area contributed by atoms with Crippen LogP contribution < -0.4 is 16.4 Å². The van der Waals surface area contributed by atoms with Crippen LogP contribution >= 0.6 is 23.2 Å². The molecule has 0 radical (unpaired) electrons. The highest BCUT2D eigenvalue weighted by atomic mass is 35.5. The number of halogens is 2. The first kappa shape index (κ1) is 25.4. The summed E-state index contributed by atoms with van der Waals surface area (Å²) in [6, 6.07) is 8.05. The van der Waals surface area contributed by atoms with Gasteiger partial charge in [0.2, 0.25) is 11.8 Å². The number of aliphatic imine (C=N–C) groups is 1. The van der Waals surface area contributed by atoms with Gasteiger partial charge in [0.05, 0.1) is 16.1 Å². The summed E-state index contributed by atoms with van der Waals surface area (Å²) in [6.45, 7) is 4.83. The van der Waals surface area contributed by atoms with Crippen LogP contribution in [0.5, 0.6) is 0 Å². The van der Waals surface area contributed by atoms with Crippen LogP contribution in [0.4, 0.5) is 29.0 Å². The molecule has 4 N–H and O–H groups in total. The third kappa shape index (κ3) is 6.10. The number of nitrogens with zero attached hydrogens (tertiary/aromatic N) is 6. The first-order chi connectivity index (χ1) is 17.3. The molecule has 188 valence electrons. The second-order valence-corrected chi connectivity index (χ2v) is 8.96. The van der Waals surface area contributed by atoms with Crippen molar-refractivity contribution < 1.29 is 4.92 Å². The molecule has 0 amide bonds. The van der Waals surface area contributed by atoms with Gasteiger partial charge in [-0.15, -0.1) is 0 Å². The van der Waals surface area contributed by atoms with Gasteiger partial charge >= 0.3 is 5.69 Å². The lowest BCUT2D eigenvalue weighted by atomic mass is 10.1. The fraction of sp³-hybridized carbons (Fsp3) is 0.304. The maximum atomic E-state index is 10.9. The summed E-state index contributed by atoms with van der Waals surface area (Å²) < 4.78 is 0.